The Bertz CT molecular complexity index is 594. The van der Waals surface area contributed by atoms with Crippen molar-refractivity contribution in [2.75, 3.05) is 37.6 Å². The molecule has 1 fully saturated rings. The molecule has 1 aromatic carbocycles. The van der Waals surface area contributed by atoms with Crippen LogP contribution in [0.4, 0.5) is 5.69 Å². The number of aromatic nitrogens is 1. The maximum absolute atomic E-state index is 10.3. The number of piperazine rings is 1. The zero-order valence-electron chi connectivity index (χ0n) is 13.0. The molecule has 1 atom stereocenters. The standard InChI is InChI=1S/C18H23N3O/c1-15-5-4-6-16(13-15)21-11-9-20(10-12-21)14-18(22)17-7-2-3-8-19-17/h2-8,13,18,22H,9-12,14H2,1H3. The van der Waals surface area contributed by atoms with Gasteiger partial charge in [0.15, 0.2) is 0 Å². The molecule has 116 valence electrons. The third kappa shape index (κ3) is 3.64. The summed E-state index contributed by atoms with van der Waals surface area (Å²) in [6.07, 6.45) is 1.22. The van der Waals surface area contributed by atoms with E-state index in [4.69, 9.17) is 0 Å². The predicted molar refractivity (Wildman–Crippen MR) is 89.0 cm³/mol. The van der Waals surface area contributed by atoms with Crippen molar-refractivity contribution < 1.29 is 5.11 Å². The normalized spacial score (nSPS) is 17.5. The van der Waals surface area contributed by atoms with Crippen LogP contribution in [0.15, 0.2) is 48.7 Å². The molecule has 0 amide bonds. The fraction of sp³-hybridized carbons (Fsp3) is 0.389. The Labute approximate surface area is 132 Å². The molecule has 0 radical (unpaired) electrons. The monoisotopic (exact) mass is 297 g/mol. The SMILES string of the molecule is Cc1cccc(N2CCN(CC(O)c3ccccn3)CC2)c1. The molecule has 2 heterocycles. The van der Waals surface area contributed by atoms with E-state index in [0.29, 0.717) is 6.54 Å². The zero-order valence-corrected chi connectivity index (χ0v) is 13.0. The van der Waals surface area contributed by atoms with Gasteiger partial charge in [-0.3, -0.25) is 9.88 Å². The second-order valence-electron chi connectivity index (χ2n) is 5.90. The third-order valence-corrected chi connectivity index (χ3v) is 4.20. The molecule has 0 bridgehead atoms. The Morgan fingerprint density at radius 3 is 2.59 bits per heavy atom. The van der Waals surface area contributed by atoms with Gasteiger partial charge in [-0.25, -0.2) is 0 Å². The number of benzene rings is 1. The highest BCUT2D eigenvalue weighted by Crippen LogP contribution is 2.19. The minimum absolute atomic E-state index is 0.508. The lowest BCUT2D eigenvalue weighted by atomic mass is 10.1. The van der Waals surface area contributed by atoms with E-state index in [9.17, 15) is 5.11 Å². The van der Waals surface area contributed by atoms with Gasteiger partial charge >= 0.3 is 0 Å². The molecule has 1 N–H and O–H groups in total. The second kappa shape index (κ2) is 6.90. The summed E-state index contributed by atoms with van der Waals surface area (Å²) < 4.78 is 0. The first-order chi connectivity index (χ1) is 10.7. The van der Waals surface area contributed by atoms with Gasteiger partial charge in [0.1, 0.15) is 6.10 Å². The van der Waals surface area contributed by atoms with Gasteiger partial charge in [0.25, 0.3) is 0 Å². The lowest BCUT2D eigenvalue weighted by molar-refractivity contribution is 0.106. The number of pyridine rings is 1. The number of hydrogen-bond donors (Lipinski definition) is 1. The van der Waals surface area contributed by atoms with Crippen LogP contribution in [0.2, 0.25) is 0 Å². The minimum Gasteiger partial charge on any atom is -0.385 e. The van der Waals surface area contributed by atoms with Crippen LogP contribution in [-0.4, -0.2) is 47.7 Å². The number of hydrogen-bond acceptors (Lipinski definition) is 4. The van der Waals surface area contributed by atoms with E-state index in [0.717, 1.165) is 31.9 Å². The van der Waals surface area contributed by atoms with E-state index >= 15 is 0 Å². The van der Waals surface area contributed by atoms with Gasteiger partial charge in [-0.1, -0.05) is 18.2 Å². The zero-order chi connectivity index (χ0) is 15.4. The topological polar surface area (TPSA) is 39.6 Å². The molecule has 0 spiro atoms. The Hall–Kier alpha value is -1.91. The van der Waals surface area contributed by atoms with E-state index < -0.39 is 6.10 Å². The van der Waals surface area contributed by atoms with Crippen LogP contribution in [0.1, 0.15) is 17.4 Å². The molecule has 4 heteroatoms. The summed E-state index contributed by atoms with van der Waals surface area (Å²) in [5, 5.41) is 10.3. The third-order valence-electron chi connectivity index (χ3n) is 4.20. The summed E-state index contributed by atoms with van der Waals surface area (Å²) in [4.78, 5) is 8.95. The molecule has 0 aliphatic carbocycles. The molecule has 22 heavy (non-hydrogen) atoms. The first-order valence-electron chi connectivity index (χ1n) is 7.85. The number of anilines is 1. The summed E-state index contributed by atoms with van der Waals surface area (Å²) in [5.74, 6) is 0. The second-order valence-corrected chi connectivity index (χ2v) is 5.90. The molecule has 1 saturated heterocycles. The van der Waals surface area contributed by atoms with Crippen molar-refractivity contribution in [2.45, 2.75) is 13.0 Å². The fourth-order valence-electron chi connectivity index (χ4n) is 2.92. The van der Waals surface area contributed by atoms with E-state index in [1.54, 1.807) is 6.20 Å². The van der Waals surface area contributed by atoms with Crippen molar-refractivity contribution in [1.82, 2.24) is 9.88 Å². The van der Waals surface area contributed by atoms with Crippen molar-refractivity contribution in [3.8, 4) is 0 Å². The van der Waals surface area contributed by atoms with Crippen LogP contribution in [0.5, 0.6) is 0 Å². The van der Waals surface area contributed by atoms with Crippen molar-refractivity contribution >= 4 is 5.69 Å². The maximum Gasteiger partial charge on any atom is 0.109 e. The molecular formula is C18H23N3O. The summed E-state index contributed by atoms with van der Waals surface area (Å²) in [6, 6.07) is 14.3. The number of rotatable bonds is 4. The Morgan fingerprint density at radius 1 is 1.09 bits per heavy atom. The molecule has 1 aliphatic rings. The molecule has 1 aliphatic heterocycles. The lowest BCUT2D eigenvalue weighted by Gasteiger charge is -2.37. The van der Waals surface area contributed by atoms with Crippen LogP contribution >= 0.6 is 0 Å². The van der Waals surface area contributed by atoms with E-state index in [1.165, 1.54) is 11.3 Å². The van der Waals surface area contributed by atoms with Crippen LogP contribution in [0.25, 0.3) is 0 Å². The van der Waals surface area contributed by atoms with Crippen LogP contribution in [0, 0.1) is 6.92 Å². The first kappa shape index (κ1) is 15.0. The summed E-state index contributed by atoms with van der Waals surface area (Å²) in [5.41, 5.74) is 3.35. The average Bonchev–Trinajstić information content (AvgIpc) is 2.56. The van der Waals surface area contributed by atoms with Gasteiger partial charge in [0.2, 0.25) is 0 Å². The average molecular weight is 297 g/mol. The Morgan fingerprint density at radius 2 is 1.91 bits per heavy atom. The van der Waals surface area contributed by atoms with Gasteiger partial charge in [-0.05, 0) is 36.8 Å². The number of aryl methyl sites for hydroxylation is 1. The number of nitrogens with zero attached hydrogens (tertiary/aromatic N) is 3. The largest absolute Gasteiger partial charge is 0.385 e. The van der Waals surface area contributed by atoms with Crippen molar-refractivity contribution in [2.24, 2.45) is 0 Å². The maximum atomic E-state index is 10.3. The van der Waals surface area contributed by atoms with Gasteiger partial charge in [0.05, 0.1) is 5.69 Å². The van der Waals surface area contributed by atoms with Gasteiger partial charge in [0, 0.05) is 44.6 Å². The molecule has 4 nitrogen and oxygen atoms in total. The van der Waals surface area contributed by atoms with E-state index in [-0.39, 0.29) is 0 Å². The highest BCUT2D eigenvalue weighted by atomic mass is 16.3. The Kier molecular flexibility index (Phi) is 4.71. The van der Waals surface area contributed by atoms with Crippen LogP contribution in [-0.2, 0) is 0 Å². The molecular weight excluding hydrogens is 274 g/mol. The van der Waals surface area contributed by atoms with Gasteiger partial charge in [-0.2, -0.15) is 0 Å². The predicted octanol–water partition coefficient (Wildman–Crippen LogP) is 2.25. The summed E-state index contributed by atoms with van der Waals surface area (Å²) in [7, 11) is 0. The lowest BCUT2D eigenvalue weighted by Crippen LogP contribution is -2.47. The number of aliphatic hydroxyl groups excluding tert-OH is 1. The quantitative estimate of drug-likeness (QED) is 0.939. The first-order valence-corrected chi connectivity index (χ1v) is 7.85. The van der Waals surface area contributed by atoms with Gasteiger partial charge in [-0.15, -0.1) is 0 Å². The fourth-order valence-corrected chi connectivity index (χ4v) is 2.92. The highest BCUT2D eigenvalue weighted by molar-refractivity contribution is 5.48. The minimum atomic E-state index is -0.508. The van der Waals surface area contributed by atoms with Crippen LogP contribution in [0.3, 0.4) is 0 Å². The smallest absolute Gasteiger partial charge is 0.109 e. The molecule has 2 aromatic rings. The molecule has 1 unspecified atom stereocenters. The highest BCUT2D eigenvalue weighted by Gasteiger charge is 2.20. The van der Waals surface area contributed by atoms with E-state index in [1.807, 2.05) is 18.2 Å². The summed E-state index contributed by atoms with van der Waals surface area (Å²) in [6.45, 7) is 6.72. The number of aliphatic hydroxyl groups is 1. The van der Waals surface area contributed by atoms with Gasteiger partial charge < -0.3 is 10.0 Å². The molecule has 0 saturated carbocycles. The van der Waals surface area contributed by atoms with E-state index in [2.05, 4.69) is 46.0 Å². The van der Waals surface area contributed by atoms with Crippen molar-refractivity contribution in [3.05, 3.63) is 59.9 Å². The Balaban J connectivity index is 1.54. The number of β-amino-alcohol motifs (C(OH)–C–C–N with tert-alkyl or cyclic N) is 1. The summed E-state index contributed by atoms with van der Waals surface area (Å²) >= 11 is 0. The molecule has 1 aromatic heterocycles. The van der Waals surface area contributed by atoms with Crippen LogP contribution < -0.4 is 4.90 Å². The molecule has 3 rings (SSSR count). The van der Waals surface area contributed by atoms with Crippen molar-refractivity contribution in [3.63, 3.8) is 0 Å². The van der Waals surface area contributed by atoms with Crippen molar-refractivity contribution in [1.29, 1.82) is 0 Å².